The van der Waals surface area contributed by atoms with E-state index in [-0.39, 0.29) is 5.75 Å². The highest BCUT2D eigenvalue weighted by atomic mass is 127. The highest BCUT2D eigenvalue weighted by Crippen LogP contribution is 2.27. The average Bonchev–Trinajstić information content (AvgIpc) is 2.76. The molecule has 0 fully saturated rings. The van der Waals surface area contributed by atoms with E-state index in [1.807, 2.05) is 44.2 Å². The Kier molecular flexibility index (Phi) is 2.93. The standard InChI is InChI=1S/C14H12IN3O/c1-8-5-9(2)14(19)13(6-8)18-16-11-4-3-10(15)7-12(11)17-18/h3-7,19H,1-2H3. The minimum absolute atomic E-state index is 0.223. The van der Waals surface area contributed by atoms with Gasteiger partial charge in [0, 0.05) is 3.57 Å². The first kappa shape index (κ1) is 12.4. The summed E-state index contributed by atoms with van der Waals surface area (Å²) in [4.78, 5) is 1.50. The van der Waals surface area contributed by atoms with Gasteiger partial charge in [0.1, 0.15) is 22.5 Å². The Morgan fingerprint density at radius 2 is 1.79 bits per heavy atom. The number of aromatic hydroxyl groups is 1. The summed E-state index contributed by atoms with van der Waals surface area (Å²) in [5.41, 5.74) is 4.15. The van der Waals surface area contributed by atoms with Gasteiger partial charge in [-0.3, -0.25) is 0 Å². The fourth-order valence-corrected chi connectivity index (χ4v) is 2.56. The minimum Gasteiger partial charge on any atom is -0.505 e. The molecule has 1 N–H and O–H groups in total. The molecule has 4 nitrogen and oxygen atoms in total. The zero-order valence-electron chi connectivity index (χ0n) is 10.6. The van der Waals surface area contributed by atoms with Crippen LogP contribution in [0.4, 0.5) is 0 Å². The third-order valence-electron chi connectivity index (χ3n) is 2.98. The molecule has 1 heterocycles. The molecule has 0 aliphatic rings. The summed E-state index contributed by atoms with van der Waals surface area (Å²) in [5, 5.41) is 19.0. The molecule has 0 aliphatic heterocycles. The van der Waals surface area contributed by atoms with E-state index in [1.165, 1.54) is 4.80 Å². The molecule has 2 aromatic carbocycles. The summed E-state index contributed by atoms with van der Waals surface area (Å²) >= 11 is 2.24. The largest absolute Gasteiger partial charge is 0.505 e. The maximum absolute atomic E-state index is 10.2. The Morgan fingerprint density at radius 1 is 1.05 bits per heavy atom. The number of halogens is 1. The Balaban J connectivity index is 2.24. The lowest BCUT2D eigenvalue weighted by Crippen LogP contribution is -2.00. The summed E-state index contributed by atoms with van der Waals surface area (Å²) in [7, 11) is 0. The Hall–Kier alpha value is -1.63. The summed E-state index contributed by atoms with van der Waals surface area (Å²) in [6, 6.07) is 9.71. The van der Waals surface area contributed by atoms with Crippen molar-refractivity contribution in [2.45, 2.75) is 13.8 Å². The number of hydrogen-bond donors (Lipinski definition) is 1. The number of rotatable bonds is 1. The molecule has 0 bridgehead atoms. The van der Waals surface area contributed by atoms with Crippen LogP contribution in [0.15, 0.2) is 30.3 Å². The van der Waals surface area contributed by atoms with E-state index in [4.69, 9.17) is 0 Å². The number of aromatic nitrogens is 3. The fourth-order valence-electron chi connectivity index (χ4n) is 2.09. The Labute approximate surface area is 124 Å². The SMILES string of the molecule is Cc1cc(C)c(O)c(-n2nc3ccc(I)cc3n2)c1. The van der Waals surface area contributed by atoms with E-state index >= 15 is 0 Å². The second-order valence-corrected chi connectivity index (χ2v) is 5.82. The molecule has 0 unspecified atom stereocenters. The van der Waals surface area contributed by atoms with Crippen molar-refractivity contribution in [2.24, 2.45) is 0 Å². The summed E-state index contributed by atoms with van der Waals surface area (Å²) in [5.74, 6) is 0.223. The number of phenolic OH excluding ortho intramolecular Hbond substituents is 1. The van der Waals surface area contributed by atoms with E-state index < -0.39 is 0 Å². The number of fused-ring (bicyclic) bond motifs is 1. The first-order chi connectivity index (χ1) is 9.04. The molecule has 0 radical (unpaired) electrons. The molecule has 0 atom stereocenters. The Morgan fingerprint density at radius 3 is 2.58 bits per heavy atom. The molecule has 0 saturated carbocycles. The second-order valence-electron chi connectivity index (χ2n) is 4.57. The quantitative estimate of drug-likeness (QED) is 0.673. The van der Waals surface area contributed by atoms with Crippen molar-refractivity contribution in [3.8, 4) is 11.4 Å². The van der Waals surface area contributed by atoms with Crippen LogP contribution in [0.25, 0.3) is 16.7 Å². The second kappa shape index (κ2) is 4.48. The topological polar surface area (TPSA) is 50.9 Å². The number of benzene rings is 2. The van der Waals surface area contributed by atoms with Crippen molar-refractivity contribution in [1.29, 1.82) is 0 Å². The minimum atomic E-state index is 0.223. The lowest BCUT2D eigenvalue weighted by atomic mass is 10.1. The van der Waals surface area contributed by atoms with Crippen molar-refractivity contribution in [1.82, 2.24) is 15.0 Å². The molecule has 96 valence electrons. The normalized spacial score (nSPS) is 11.1. The van der Waals surface area contributed by atoms with Gasteiger partial charge in [-0.2, -0.15) is 0 Å². The predicted molar refractivity (Wildman–Crippen MR) is 82.7 cm³/mol. The fraction of sp³-hybridized carbons (Fsp3) is 0.143. The first-order valence-electron chi connectivity index (χ1n) is 5.88. The van der Waals surface area contributed by atoms with Crippen molar-refractivity contribution < 1.29 is 5.11 Å². The van der Waals surface area contributed by atoms with Crippen LogP contribution in [0.2, 0.25) is 0 Å². The van der Waals surface area contributed by atoms with Crippen LogP contribution in [0.3, 0.4) is 0 Å². The van der Waals surface area contributed by atoms with Gasteiger partial charge < -0.3 is 5.11 Å². The molecular formula is C14H12IN3O. The van der Waals surface area contributed by atoms with E-state index in [0.717, 1.165) is 25.7 Å². The van der Waals surface area contributed by atoms with E-state index in [2.05, 4.69) is 32.8 Å². The monoisotopic (exact) mass is 365 g/mol. The van der Waals surface area contributed by atoms with E-state index in [0.29, 0.717) is 5.69 Å². The predicted octanol–water partition coefficient (Wildman–Crippen LogP) is 3.35. The van der Waals surface area contributed by atoms with Crippen LogP contribution in [0.5, 0.6) is 5.75 Å². The highest BCUT2D eigenvalue weighted by Gasteiger charge is 2.11. The molecular weight excluding hydrogens is 353 g/mol. The Bertz CT molecular complexity index is 780. The lowest BCUT2D eigenvalue weighted by molar-refractivity contribution is 0.463. The average molecular weight is 365 g/mol. The van der Waals surface area contributed by atoms with Gasteiger partial charge in [0.2, 0.25) is 0 Å². The maximum atomic E-state index is 10.2. The number of phenols is 1. The zero-order valence-corrected chi connectivity index (χ0v) is 12.7. The molecule has 0 aliphatic carbocycles. The van der Waals surface area contributed by atoms with Gasteiger partial charge in [-0.25, -0.2) is 0 Å². The van der Waals surface area contributed by atoms with Gasteiger partial charge in [-0.15, -0.1) is 15.0 Å². The van der Waals surface area contributed by atoms with Gasteiger partial charge >= 0.3 is 0 Å². The zero-order chi connectivity index (χ0) is 13.6. The molecule has 3 aromatic rings. The van der Waals surface area contributed by atoms with E-state index in [9.17, 15) is 5.11 Å². The third-order valence-corrected chi connectivity index (χ3v) is 3.65. The van der Waals surface area contributed by atoms with Crippen molar-refractivity contribution in [3.63, 3.8) is 0 Å². The van der Waals surface area contributed by atoms with Crippen LogP contribution in [-0.2, 0) is 0 Å². The first-order valence-corrected chi connectivity index (χ1v) is 6.95. The molecule has 0 spiro atoms. The molecule has 0 saturated heterocycles. The van der Waals surface area contributed by atoms with Crippen LogP contribution in [-0.4, -0.2) is 20.1 Å². The molecule has 0 amide bonds. The van der Waals surface area contributed by atoms with Crippen LogP contribution in [0, 0.1) is 17.4 Å². The van der Waals surface area contributed by atoms with Gasteiger partial charge in [-0.05, 0) is 71.8 Å². The summed E-state index contributed by atoms with van der Waals surface area (Å²) < 4.78 is 1.11. The van der Waals surface area contributed by atoms with Crippen LogP contribution in [0.1, 0.15) is 11.1 Å². The van der Waals surface area contributed by atoms with Crippen molar-refractivity contribution in [3.05, 3.63) is 45.0 Å². The molecule has 5 heteroatoms. The lowest BCUT2D eigenvalue weighted by Gasteiger charge is -2.07. The van der Waals surface area contributed by atoms with Crippen molar-refractivity contribution >= 4 is 33.6 Å². The van der Waals surface area contributed by atoms with Gasteiger partial charge in [0.15, 0.2) is 0 Å². The van der Waals surface area contributed by atoms with Crippen molar-refractivity contribution in [2.75, 3.05) is 0 Å². The van der Waals surface area contributed by atoms with Crippen LogP contribution < -0.4 is 0 Å². The molecule has 1 aromatic heterocycles. The van der Waals surface area contributed by atoms with Gasteiger partial charge in [-0.1, -0.05) is 6.07 Å². The highest BCUT2D eigenvalue weighted by molar-refractivity contribution is 14.1. The third kappa shape index (κ3) is 2.18. The number of nitrogens with zero attached hydrogens (tertiary/aromatic N) is 3. The summed E-state index contributed by atoms with van der Waals surface area (Å²) in [6.45, 7) is 3.86. The van der Waals surface area contributed by atoms with Gasteiger partial charge in [0.05, 0.1) is 0 Å². The maximum Gasteiger partial charge on any atom is 0.146 e. The molecule has 19 heavy (non-hydrogen) atoms. The number of aryl methyl sites for hydroxylation is 2. The summed E-state index contributed by atoms with van der Waals surface area (Å²) in [6.07, 6.45) is 0. The van der Waals surface area contributed by atoms with E-state index in [1.54, 1.807) is 0 Å². The van der Waals surface area contributed by atoms with Crippen LogP contribution >= 0.6 is 22.6 Å². The number of hydrogen-bond acceptors (Lipinski definition) is 3. The molecule has 3 rings (SSSR count). The van der Waals surface area contributed by atoms with Gasteiger partial charge in [0.25, 0.3) is 0 Å². The smallest absolute Gasteiger partial charge is 0.146 e.